The van der Waals surface area contributed by atoms with Crippen molar-refractivity contribution in [2.75, 3.05) is 31.1 Å². The Hall–Kier alpha value is -2.76. The van der Waals surface area contributed by atoms with Crippen molar-refractivity contribution < 1.29 is 22.8 Å². The molecule has 2 heterocycles. The van der Waals surface area contributed by atoms with Crippen LogP contribution in [-0.4, -0.2) is 49.2 Å². The van der Waals surface area contributed by atoms with Crippen molar-refractivity contribution in [3.63, 3.8) is 0 Å². The summed E-state index contributed by atoms with van der Waals surface area (Å²) in [6.07, 6.45) is 3.23. The van der Waals surface area contributed by atoms with Crippen LogP contribution < -0.4 is 15.5 Å². The fourth-order valence-electron chi connectivity index (χ4n) is 2.67. The molecule has 0 saturated carbocycles. The van der Waals surface area contributed by atoms with Crippen LogP contribution in [0.3, 0.4) is 0 Å². The zero-order valence-corrected chi connectivity index (χ0v) is 14.0. The number of piperidine rings is 1. The highest BCUT2D eigenvalue weighted by molar-refractivity contribution is 5.94. The van der Waals surface area contributed by atoms with Gasteiger partial charge >= 0.3 is 6.18 Å². The number of terminal acetylenes is 1. The number of carbonyl (C=O) groups excluding carboxylic acids is 2. The summed E-state index contributed by atoms with van der Waals surface area (Å²) in [6.45, 7) is -0.304. The maximum absolute atomic E-state index is 12.2. The van der Waals surface area contributed by atoms with Gasteiger partial charge in [0.05, 0.1) is 18.0 Å². The molecule has 1 aliphatic rings. The third kappa shape index (κ3) is 5.65. The highest BCUT2D eigenvalue weighted by Gasteiger charge is 2.31. The molecular weight excluding hydrogens is 349 g/mol. The molecule has 1 unspecified atom stereocenters. The Labute approximate surface area is 149 Å². The van der Waals surface area contributed by atoms with Crippen molar-refractivity contribution in [1.29, 1.82) is 0 Å². The quantitative estimate of drug-likeness (QED) is 0.770. The molecule has 1 aliphatic heterocycles. The van der Waals surface area contributed by atoms with Crippen molar-refractivity contribution in [2.45, 2.75) is 19.0 Å². The lowest BCUT2D eigenvalue weighted by Gasteiger charge is -2.33. The molecular formula is C17H19F3N4O2. The van der Waals surface area contributed by atoms with Gasteiger partial charge in [-0.05, 0) is 25.0 Å². The topological polar surface area (TPSA) is 74.3 Å². The largest absolute Gasteiger partial charge is 0.405 e. The number of aromatic nitrogens is 1. The van der Waals surface area contributed by atoms with Gasteiger partial charge < -0.3 is 15.5 Å². The second-order valence-electron chi connectivity index (χ2n) is 5.91. The summed E-state index contributed by atoms with van der Waals surface area (Å²) in [4.78, 5) is 29.8. The van der Waals surface area contributed by atoms with Crippen LogP contribution in [0.1, 0.15) is 23.2 Å². The molecule has 140 valence electrons. The zero-order valence-electron chi connectivity index (χ0n) is 14.0. The number of nitrogens with one attached hydrogen (secondary N) is 2. The lowest BCUT2D eigenvalue weighted by Crippen LogP contribution is -2.45. The number of alkyl halides is 3. The first kappa shape index (κ1) is 19.6. The summed E-state index contributed by atoms with van der Waals surface area (Å²) in [5.74, 6) is 1.37. The van der Waals surface area contributed by atoms with E-state index in [1.54, 1.807) is 12.1 Å². The zero-order chi connectivity index (χ0) is 19.2. The van der Waals surface area contributed by atoms with Crippen molar-refractivity contribution in [2.24, 2.45) is 5.92 Å². The molecule has 0 aromatic carbocycles. The Kier molecular flexibility index (Phi) is 6.44. The standard InChI is InChI=1S/C17H19F3N4O2/c1-2-7-21-15(25)12-5-6-14(22-9-12)24-8-3-4-13(10-24)16(26)23-11-17(18,19)20/h1,5-6,9,13H,3-4,7-8,10-11H2,(H,21,25)(H,23,26). The SMILES string of the molecule is C#CCNC(=O)c1ccc(N2CCCC(C(=O)NCC(F)(F)F)C2)nc1. The van der Waals surface area contributed by atoms with Crippen LogP contribution in [0.5, 0.6) is 0 Å². The molecule has 1 atom stereocenters. The summed E-state index contributed by atoms with van der Waals surface area (Å²) in [5, 5.41) is 4.45. The van der Waals surface area contributed by atoms with Crippen molar-refractivity contribution >= 4 is 17.6 Å². The molecule has 1 fully saturated rings. The Bertz CT molecular complexity index is 683. The van der Waals surface area contributed by atoms with E-state index >= 15 is 0 Å². The predicted molar refractivity (Wildman–Crippen MR) is 89.4 cm³/mol. The van der Waals surface area contributed by atoms with Crippen molar-refractivity contribution in [1.82, 2.24) is 15.6 Å². The number of hydrogen-bond acceptors (Lipinski definition) is 4. The van der Waals surface area contributed by atoms with Gasteiger partial charge in [-0.3, -0.25) is 9.59 Å². The van der Waals surface area contributed by atoms with Crippen LogP contribution >= 0.6 is 0 Å². The van der Waals surface area contributed by atoms with Crippen LogP contribution in [0, 0.1) is 18.3 Å². The second-order valence-corrected chi connectivity index (χ2v) is 5.91. The minimum atomic E-state index is -4.43. The molecule has 0 spiro atoms. The number of hydrogen-bond donors (Lipinski definition) is 2. The lowest BCUT2D eigenvalue weighted by atomic mass is 9.97. The molecule has 1 aromatic heterocycles. The van der Waals surface area contributed by atoms with Crippen LogP contribution in [0.15, 0.2) is 18.3 Å². The van der Waals surface area contributed by atoms with Gasteiger partial charge in [0.15, 0.2) is 0 Å². The summed E-state index contributed by atoms with van der Waals surface area (Å²) >= 11 is 0. The van der Waals surface area contributed by atoms with E-state index in [-0.39, 0.29) is 19.0 Å². The predicted octanol–water partition coefficient (Wildman–Crippen LogP) is 1.34. The van der Waals surface area contributed by atoms with E-state index in [0.717, 1.165) is 0 Å². The van der Waals surface area contributed by atoms with Crippen molar-refractivity contribution in [3.8, 4) is 12.3 Å². The first-order valence-electron chi connectivity index (χ1n) is 8.07. The number of amides is 2. The van der Waals surface area contributed by atoms with E-state index in [1.165, 1.54) is 6.20 Å². The maximum Gasteiger partial charge on any atom is 0.405 e. The average molecular weight is 368 g/mol. The van der Waals surface area contributed by atoms with Gasteiger partial charge in [0.2, 0.25) is 5.91 Å². The van der Waals surface area contributed by atoms with Crippen LogP contribution in [0.2, 0.25) is 0 Å². The van der Waals surface area contributed by atoms with Gasteiger partial charge in [-0.1, -0.05) is 5.92 Å². The monoisotopic (exact) mass is 368 g/mol. The Morgan fingerprint density at radius 3 is 2.73 bits per heavy atom. The number of nitrogens with zero attached hydrogens (tertiary/aromatic N) is 2. The number of anilines is 1. The van der Waals surface area contributed by atoms with Crippen molar-refractivity contribution in [3.05, 3.63) is 23.9 Å². The number of halogens is 3. The van der Waals surface area contributed by atoms with Crippen LogP contribution in [0.25, 0.3) is 0 Å². The smallest absolute Gasteiger partial charge is 0.356 e. The van der Waals surface area contributed by atoms with Crippen LogP contribution in [0.4, 0.5) is 19.0 Å². The summed E-state index contributed by atoms with van der Waals surface area (Å²) in [6, 6.07) is 3.22. The molecule has 9 heteroatoms. The molecule has 2 rings (SSSR count). The molecule has 6 nitrogen and oxygen atoms in total. The summed E-state index contributed by atoms with van der Waals surface area (Å²) in [7, 11) is 0. The van der Waals surface area contributed by atoms with E-state index in [4.69, 9.17) is 6.42 Å². The Morgan fingerprint density at radius 2 is 2.12 bits per heavy atom. The fraction of sp³-hybridized carbons (Fsp3) is 0.471. The molecule has 0 bridgehead atoms. The molecule has 1 aromatic rings. The fourth-order valence-corrected chi connectivity index (χ4v) is 2.67. The molecule has 2 amide bonds. The minimum absolute atomic E-state index is 0.113. The number of pyridine rings is 1. The van der Waals surface area contributed by atoms with Gasteiger partial charge in [-0.15, -0.1) is 6.42 Å². The lowest BCUT2D eigenvalue weighted by molar-refractivity contribution is -0.140. The van der Waals surface area contributed by atoms with Gasteiger partial charge in [-0.25, -0.2) is 4.98 Å². The maximum atomic E-state index is 12.2. The van der Waals surface area contributed by atoms with E-state index in [9.17, 15) is 22.8 Å². The summed E-state index contributed by atoms with van der Waals surface area (Å²) in [5.41, 5.74) is 0.348. The minimum Gasteiger partial charge on any atom is -0.356 e. The molecule has 0 radical (unpaired) electrons. The normalized spacial score (nSPS) is 17.3. The molecule has 0 aliphatic carbocycles. The van der Waals surface area contributed by atoms with E-state index in [0.29, 0.717) is 30.8 Å². The first-order valence-corrected chi connectivity index (χ1v) is 8.07. The third-order valence-corrected chi connectivity index (χ3v) is 3.94. The highest BCUT2D eigenvalue weighted by atomic mass is 19.4. The first-order chi connectivity index (χ1) is 12.3. The number of carbonyl (C=O) groups is 2. The molecule has 1 saturated heterocycles. The Balaban J connectivity index is 1.95. The van der Waals surface area contributed by atoms with Crippen LogP contribution in [-0.2, 0) is 4.79 Å². The van der Waals surface area contributed by atoms with Gasteiger partial charge in [0.1, 0.15) is 12.4 Å². The molecule has 2 N–H and O–H groups in total. The summed E-state index contributed by atoms with van der Waals surface area (Å²) < 4.78 is 36.7. The second kappa shape index (κ2) is 8.56. The Morgan fingerprint density at radius 1 is 1.35 bits per heavy atom. The average Bonchev–Trinajstić information content (AvgIpc) is 2.63. The van der Waals surface area contributed by atoms with E-state index in [2.05, 4.69) is 16.2 Å². The third-order valence-electron chi connectivity index (χ3n) is 3.94. The van der Waals surface area contributed by atoms with Gasteiger partial charge in [0.25, 0.3) is 5.91 Å². The van der Waals surface area contributed by atoms with Gasteiger partial charge in [0, 0.05) is 19.3 Å². The number of rotatable bonds is 5. The molecule has 26 heavy (non-hydrogen) atoms. The highest BCUT2D eigenvalue weighted by Crippen LogP contribution is 2.22. The van der Waals surface area contributed by atoms with E-state index in [1.807, 2.05) is 10.2 Å². The van der Waals surface area contributed by atoms with Gasteiger partial charge in [-0.2, -0.15) is 13.2 Å². The van der Waals surface area contributed by atoms with E-state index < -0.39 is 24.5 Å².